The predicted octanol–water partition coefficient (Wildman–Crippen LogP) is 2.96. The van der Waals surface area contributed by atoms with Crippen molar-refractivity contribution >= 4 is 47.7 Å². The first kappa shape index (κ1) is 19.8. The van der Waals surface area contributed by atoms with E-state index in [1.807, 2.05) is 23.5 Å². The summed E-state index contributed by atoms with van der Waals surface area (Å²) in [5, 5.41) is 5.11. The molecule has 7 heteroatoms. The number of nitrogens with one attached hydrogen (secondary N) is 1. The Labute approximate surface area is 152 Å². The van der Waals surface area contributed by atoms with Crippen LogP contribution in [0.25, 0.3) is 0 Å². The number of halogens is 2. The lowest BCUT2D eigenvalue weighted by Crippen LogP contribution is -2.37. The smallest absolute Gasteiger partial charge is 0.253 e. The van der Waals surface area contributed by atoms with E-state index in [2.05, 4.69) is 21.7 Å². The molecular formula is C16H21Cl2N3OS. The lowest BCUT2D eigenvalue weighted by atomic mass is 10.1. The molecule has 0 fully saturated rings. The third kappa shape index (κ3) is 4.85. The molecule has 23 heavy (non-hydrogen) atoms. The molecule has 2 heterocycles. The highest BCUT2D eigenvalue weighted by Gasteiger charge is 2.17. The minimum Gasteiger partial charge on any atom is -0.398 e. The zero-order valence-electron chi connectivity index (χ0n) is 12.7. The average Bonchev–Trinajstić information content (AvgIpc) is 2.95. The molecule has 1 aliphatic heterocycles. The third-order valence-corrected chi connectivity index (χ3v) is 4.83. The molecule has 0 saturated heterocycles. The van der Waals surface area contributed by atoms with E-state index in [-0.39, 0.29) is 30.7 Å². The summed E-state index contributed by atoms with van der Waals surface area (Å²) in [4.78, 5) is 15.9. The van der Waals surface area contributed by atoms with E-state index in [4.69, 9.17) is 5.73 Å². The molecule has 0 spiro atoms. The van der Waals surface area contributed by atoms with Crippen LogP contribution in [-0.2, 0) is 13.0 Å². The molecule has 0 saturated carbocycles. The highest BCUT2D eigenvalue weighted by atomic mass is 35.5. The van der Waals surface area contributed by atoms with E-state index in [1.54, 1.807) is 12.1 Å². The van der Waals surface area contributed by atoms with Crippen molar-refractivity contribution in [3.05, 3.63) is 51.7 Å². The number of hydrogen-bond acceptors (Lipinski definition) is 4. The zero-order chi connectivity index (χ0) is 14.7. The molecule has 1 aromatic carbocycles. The molecule has 3 rings (SSSR count). The Morgan fingerprint density at radius 3 is 2.83 bits per heavy atom. The number of nitrogen functional groups attached to an aromatic ring is 1. The Kier molecular flexibility index (Phi) is 7.85. The molecule has 0 unspecified atom stereocenters. The lowest BCUT2D eigenvalue weighted by molar-refractivity contribution is 0.0948. The topological polar surface area (TPSA) is 58.4 Å². The summed E-state index contributed by atoms with van der Waals surface area (Å²) in [6.45, 7) is 3.57. The fourth-order valence-corrected chi connectivity index (χ4v) is 3.51. The molecule has 0 radical (unpaired) electrons. The van der Waals surface area contributed by atoms with Gasteiger partial charge in [0.2, 0.25) is 0 Å². The van der Waals surface area contributed by atoms with Gasteiger partial charge in [0.1, 0.15) is 0 Å². The second-order valence-electron chi connectivity index (χ2n) is 5.24. The van der Waals surface area contributed by atoms with Gasteiger partial charge in [0.25, 0.3) is 5.91 Å². The van der Waals surface area contributed by atoms with Gasteiger partial charge in [-0.2, -0.15) is 0 Å². The molecule has 3 N–H and O–H groups in total. The predicted molar refractivity (Wildman–Crippen MR) is 101 cm³/mol. The van der Waals surface area contributed by atoms with Crippen LogP contribution in [0.1, 0.15) is 20.8 Å². The van der Waals surface area contributed by atoms with Gasteiger partial charge in [-0.1, -0.05) is 12.1 Å². The van der Waals surface area contributed by atoms with Crippen LogP contribution in [0.4, 0.5) is 5.69 Å². The summed E-state index contributed by atoms with van der Waals surface area (Å²) in [5.41, 5.74) is 8.32. The number of hydrogen-bond donors (Lipinski definition) is 2. The van der Waals surface area contributed by atoms with E-state index in [0.29, 0.717) is 17.8 Å². The highest BCUT2D eigenvalue weighted by Crippen LogP contribution is 2.23. The first-order valence-corrected chi connectivity index (χ1v) is 8.02. The summed E-state index contributed by atoms with van der Waals surface area (Å²) in [6.07, 6.45) is 1.12. The van der Waals surface area contributed by atoms with E-state index < -0.39 is 0 Å². The van der Waals surface area contributed by atoms with Gasteiger partial charge >= 0.3 is 0 Å². The second-order valence-corrected chi connectivity index (χ2v) is 6.24. The molecule has 0 bridgehead atoms. The summed E-state index contributed by atoms with van der Waals surface area (Å²) in [6, 6.07) is 9.36. The third-order valence-electron chi connectivity index (χ3n) is 3.81. The highest BCUT2D eigenvalue weighted by molar-refractivity contribution is 7.10. The minimum atomic E-state index is -0.0960. The SMILES string of the molecule is Cl.Cl.Nc1ccccc1C(=O)NCCN1CCc2sccc2C1. The van der Waals surface area contributed by atoms with Crippen LogP contribution in [-0.4, -0.2) is 30.4 Å². The number of para-hydroxylation sites is 1. The lowest BCUT2D eigenvalue weighted by Gasteiger charge is -2.26. The number of fused-ring (bicyclic) bond motifs is 1. The van der Waals surface area contributed by atoms with Gasteiger partial charge < -0.3 is 11.1 Å². The van der Waals surface area contributed by atoms with E-state index >= 15 is 0 Å². The maximum atomic E-state index is 12.1. The number of nitrogens with two attached hydrogens (primary N) is 1. The van der Waals surface area contributed by atoms with Gasteiger partial charge in [-0.15, -0.1) is 36.2 Å². The van der Waals surface area contributed by atoms with E-state index in [9.17, 15) is 4.79 Å². The van der Waals surface area contributed by atoms with Gasteiger partial charge in [0.15, 0.2) is 0 Å². The van der Waals surface area contributed by atoms with Gasteiger partial charge in [-0.25, -0.2) is 0 Å². The zero-order valence-corrected chi connectivity index (χ0v) is 15.1. The van der Waals surface area contributed by atoms with Crippen molar-refractivity contribution in [1.82, 2.24) is 10.2 Å². The first-order valence-electron chi connectivity index (χ1n) is 7.14. The maximum Gasteiger partial charge on any atom is 0.253 e. The number of anilines is 1. The number of carbonyl (C=O) groups is 1. The number of benzene rings is 1. The largest absolute Gasteiger partial charge is 0.398 e. The first-order chi connectivity index (χ1) is 10.2. The Bertz CT molecular complexity index is 648. The van der Waals surface area contributed by atoms with E-state index in [0.717, 1.165) is 26.1 Å². The molecular weight excluding hydrogens is 353 g/mol. The van der Waals surface area contributed by atoms with Crippen LogP contribution in [0.2, 0.25) is 0 Å². The summed E-state index contributed by atoms with van der Waals surface area (Å²) in [7, 11) is 0. The van der Waals surface area contributed by atoms with Crippen LogP contribution < -0.4 is 11.1 Å². The summed E-state index contributed by atoms with van der Waals surface area (Å²) >= 11 is 1.84. The fourth-order valence-electron chi connectivity index (χ4n) is 2.62. The molecule has 1 amide bonds. The number of rotatable bonds is 4. The van der Waals surface area contributed by atoms with Crippen LogP contribution in [0, 0.1) is 0 Å². The van der Waals surface area contributed by atoms with Crippen LogP contribution in [0.5, 0.6) is 0 Å². The molecule has 1 aromatic heterocycles. The standard InChI is InChI=1S/C16H19N3OS.2ClH/c17-14-4-2-1-3-13(14)16(20)18-7-9-19-8-5-15-12(11-19)6-10-21-15;;/h1-4,6,10H,5,7-9,11,17H2,(H,18,20);2*1H. The van der Waals surface area contributed by atoms with Crippen molar-refractivity contribution in [2.24, 2.45) is 0 Å². The van der Waals surface area contributed by atoms with Crippen molar-refractivity contribution in [2.75, 3.05) is 25.4 Å². The monoisotopic (exact) mass is 373 g/mol. The van der Waals surface area contributed by atoms with Crippen molar-refractivity contribution in [1.29, 1.82) is 0 Å². The minimum absolute atomic E-state index is 0. The molecule has 4 nitrogen and oxygen atoms in total. The molecule has 0 atom stereocenters. The van der Waals surface area contributed by atoms with Gasteiger partial charge in [-0.05, 0) is 35.6 Å². The van der Waals surface area contributed by atoms with Crippen molar-refractivity contribution in [2.45, 2.75) is 13.0 Å². The number of nitrogens with zero attached hydrogens (tertiary/aromatic N) is 1. The van der Waals surface area contributed by atoms with Crippen molar-refractivity contribution in [3.63, 3.8) is 0 Å². The Morgan fingerprint density at radius 2 is 2.04 bits per heavy atom. The van der Waals surface area contributed by atoms with Crippen molar-refractivity contribution < 1.29 is 4.79 Å². The van der Waals surface area contributed by atoms with Gasteiger partial charge in [0.05, 0.1) is 5.56 Å². The number of thiophene rings is 1. The molecule has 1 aliphatic rings. The average molecular weight is 374 g/mol. The normalized spacial score (nSPS) is 13.4. The Morgan fingerprint density at radius 1 is 1.26 bits per heavy atom. The maximum absolute atomic E-state index is 12.1. The molecule has 126 valence electrons. The molecule has 2 aromatic rings. The summed E-state index contributed by atoms with van der Waals surface area (Å²) in [5.74, 6) is -0.0960. The molecule has 0 aliphatic carbocycles. The fraction of sp³-hybridized carbons (Fsp3) is 0.312. The number of carbonyl (C=O) groups excluding carboxylic acids is 1. The Hall–Kier alpha value is -1.27. The van der Waals surface area contributed by atoms with Crippen LogP contribution >= 0.6 is 36.2 Å². The van der Waals surface area contributed by atoms with E-state index in [1.165, 1.54) is 10.4 Å². The number of amides is 1. The van der Waals surface area contributed by atoms with Crippen LogP contribution in [0.15, 0.2) is 35.7 Å². The summed E-state index contributed by atoms with van der Waals surface area (Å²) < 4.78 is 0. The quantitative estimate of drug-likeness (QED) is 0.809. The van der Waals surface area contributed by atoms with Crippen LogP contribution in [0.3, 0.4) is 0 Å². The second kappa shape index (κ2) is 9.13. The van der Waals surface area contributed by atoms with Gasteiger partial charge in [0, 0.05) is 36.7 Å². The van der Waals surface area contributed by atoms with Crippen molar-refractivity contribution in [3.8, 4) is 0 Å². The Balaban J connectivity index is 0.00000132. The van der Waals surface area contributed by atoms with Gasteiger partial charge in [-0.3, -0.25) is 9.69 Å².